The number of nitrogens with one attached hydrogen (secondary N) is 1. The summed E-state index contributed by atoms with van der Waals surface area (Å²) >= 11 is 0. The molecule has 0 saturated heterocycles. The molecular weight excluding hydrogens is 320 g/mol. The summed E-state index contributed by atoms with van der Waals surface area (Å²) in [6.07, 6.45) is 5.47. The molecule has 0 fully saturated rings. The molecular formula is C14H16N4O4S. The van der Waals surface area contributed by atoms with E-state index in [1.54, 1.807) is 16.9 Å². The van der Waals surface area contributed by atoms with Crippen molar-refractivity contribution in [3.63, 3.8) is 0 Å². The largest absolute Gasteiger partial charge is 0.506 e. The highest BCUT2D eigenvalue weighted by Gasteiger charge is 2.30. The van der Waals surface area contributed by atoms with Crippen LogP contribution in [-0.4, -0.2) is 28.4 Å². The molecule has 1 aromatic carbocycles. The molecule has 1 aromatic heterocycles. The fourth-order valence-corrected chi connectivity index (χ4v) is 3.39. The van der Waals surface area contributed by atoms with E-state index in [0.29, 0.717) is 5.56 Å². The molecule has 0 amide bonds. The lowest BCUT2D eigenvalue weighted by Gasteiger charge is -2.16. The molecule has 0 bridgehead atoms. The predicted octanol–water partition coefficient (Wildman–Crippen LogP) is 1.68. The quantitative estimate of drug-likeness (QED) is 0.787. The summed E-state index contributed by atoms with van der Waals surface area (Å²) < 4.78 is 28.4. The molecule has 23 heavy (non-hydrogen) atoms. The van der Waals surface area contributed by atoms with Crippen molar-refractivity contribution in [2.24, 2.45) is 0 Å². The van der Waals surface area contributed by atoms with Crippen LogP contribution in [0.1, 0.15) is 13.3 Å². The van der Waals surface area contributed by atoms with E-state index < -0.39 is 16.1 Å². The molecule has 3 rings (SSSR count). The minimum absolute atomic E-state index is 0.0438. The molecule has 0 aliphatic carbocycles. The Bertz CT molecular complexity index is 873. The van der Waals surface area contributed by atoms with Gasteiger partial charge in [-0.25, -0.2) is 9.03 Å². The third-order valence-corrected chi connectivity index (χ3v) is 4.65. The smallest absolute Gasteiger partial charge is 0.330 e. The summed E-state index contributed by atoms with van der Waals surface area (Å²) in [7, 11) is -3.95. The van der Waals surface area contributed by atoms with Gasteiger partial charge in [-0.1, -0.05) is 13.0 Å². The van der Waals surface area contributed by atoms with Gasteiger partial charge in [0.25, 0.3) is 0 Å². The first kappa shape index (κ1) is 15.2. The SMILES string of the molecule is CCCn1cc(-c2ccc(O)c(N3C=C(O)NS3(=O)=O)c2)cn1. The van der Waals surface area contributed by atoms with Crippen LogP contribution in [0.4, 0.5) is 5.69 Å². The number of aromatic nitrogens is 2. The molecule has 2 heterocycles. The predicted molar refractivity (Wildman–Crippen MR) is 84.9 cm³/mol. The third kappa shape index (κ3) is 2.82. The molecule has 2 aromatic rings. The molecule has 0 unspecified atom stereocenters. The van der Waals surface area contributed by atoms with Crippen LogP contribution in [0.3, 0.4) is 0 Å². The lowest BCUT2D eigenvalue weighted by molar-refractivity contribution is 0.392. The van der Waals surface area contributed by atoms with E-state index in [1.165, 1.54) is 12.1 Å². The van der Waals surface area contributed by atoms with Crippen LogP contribution in [0.15, 0.2) is 42.7 Å². The number of aliphatic hydroxyl groups excluding tert-OH is 1. The summed E-state index contributed by atoms with van der Waals surface area (Å²) in [4.78, 5) is 0. The zero-order valence-electron chi connectivity index (χ0n) is 12.3. The molecule has 1 aliphatic rings. The Hall–Kier alpha value is -2.68. The molecule has 0 saturated carbocycles. The lowest BCUT2D eigenvalue weighted by atomic mass is 10.1. The van der Waals surface area contributed by atoms with E-state index in [2.05, 4.69) is 5.10 Å². The van der Waals surface area contributed by atoms with E-state index >= 15 is 0 Å². The zero-order valence-corrected chi connectivity index (χ0v) is 13.2. The molecule has 3 N–H and O–H groups in total. The first-order valence-corrected chi connectivity index (χ1v) is 8.43. The summed E-state index contributed by atoms with van der Waals surface area (Å²) in [5.74, 6) is -0.725. The summed E-state index contributed by atoms with van der Waals surface area (Å²) in [5.41, 5.74) is 1.55. The molecule has 0 atom stereocenters. The second-order valence-electron chi connectivity index (χ2n) is 5.11. The van der Waals surface area contributed by atoms with Gasteiger partial charge in [0.2, 0.25) is 5.88 Å². The third-order valence-electron chi connectivity index (χ3n) is 3.36. The van der Waals surface area contributed by atoms with Gasteiger partial charge in [-0.3, -0.25) is 4.68 Å². The van der Waals surface area contributed by atoms with Gasteiger partial charge in [0, 0.05) is 18.3 Å². The second kappa shape index (κ2) is 5.51. The molecule has 1 aliphatic heterocycles. The van der Waals surface area contributed by atoms with Crippen LogP contribution in [0.25, 0.3) is 11.1 Å². The fraction of sp³-hybridized carbons (Fsp3) is 0.214. The number of aromatic hydroxyl groups is 1. The first-order valence-electron chi connectivity index (χ1n) is 6.99. The standard InChI is InChI=1S/C14H16N4O4S/c1-2-5-17-8-11(7-15-17)10-3-4-13(19)12(6-10)18-9-14(20)16-23(18,21)22/h3-4,6-9,16,19-20H,2,5H2,1H3. The Labute approximate surface area is 133 Å². The highest BCUT2D eigenvalue weighted by atomic mass is 32.2. The Morgan fingerprint density at radius 1 is 1.26 bits per heavy atom. The highest BCUT2D eigenvalue weighted by Crippen LogP contribution is 2.35. The normalized spacial score (nSPS) is 16.2. The highest BCUT2D eigenvalue weighted by molar-refractivity contribution is 7.91. The van der Waals surface area contributed by atoms with Gasteiger partial charge in [-0.05, 0) is 24.1 Å². The van der Waals surface area contributed by atoms with Crippen molar-refractivity contribution < 1.29 is 18.6 Å². The number of benzene rings is 1. The monoisotopic (exact) mass is 336 g/mol. The number of aliphatic hydroxyl groups is 1. The summed E-state index contributed by atoms with van der Waals surface area (Å²) in [6.45, 7) is 2.83. The number of hydrogen-bond acceptors (Lipinski definition) is 5. The van der Waals surface area contributed by atoms with Crippen molar-refractivity contribution in [1.82, 2.24) is 14.5 Å². The maximum atomic E-state index is 11.9. The second-order valence-corrected chi connectivity index (χ2v) is 6.66. The van der Waals surface area contributed by atoms with Crippen LogP contribution in [0.5, 0.6) is 5.75 Å². The van der Waals surface area contributed by atoms with Crippen LogP contribution in [-0.2, 0) is 16.8 Å². The Kier molecular flexibility index (Phi) is 3.64. The van der Waals surface area contributed by atoms with Crippen molar-refractivity contribution in [2.45, 2.75) is 19.9 Å². The van der Waals surface area contributed by atoms with Gasteiger partial charge in [-0.15, -0.1) is 0 Å². The van der Waals surface area contributed by atoms with Gasteiger partial charge in [0.15, 0.2) is 0 Å². The number of phenolic OH excluding ortho intramolecular Hbond substituents is 1. The van der Waals surface area contributed by atoms with Crippen molar-refractivity contribution in [3.8, 4) is 16.9 Å². The zero-order chi connectivity index (χ0) is 16.6. The average molecular weight is 336 g/mol. The number of rotatable bonds is 4. The van der Waals surface area contributed by atoms with E-state index in [4.69, 9.17) is 0 Å². The minimum atomic E-state index is -3.95. The van der Waals surface area contributed by atoms with Gasteiger partial charge in [0.1, 0.15) is 11.4 Å². The summed E-state index contributed by atoms with van der Waals surface area (Å²) in [5, 5.41) is 23.6. The van der Waals surface area contributed by atoms with E-state index in [0.717, 1.165) is 29.0 Å². The maximum Gasteiger partial charge on any atom is 0.330 e. The van der Waals surface area contributed by atoms with Gasteiger partial charge in [0.05, 0.1) is 12.4 Å². The molecule has 9 heteroatoms. The Morgan fingerprint density at radius 2 is 2.04 bits per heavy atom. The average Bonchev–Trinajstić information content (AvgIpc) is 3.04. The van der Waals surface area contributed by atoms with Crippen LogP contribution >= 0.6 is 0 Å². The van der Waals surface area contributed by atoms with E-state index in [9.17, 15) is 18.6 Å². The molecule has 0 radical (unpaired) electrons. The summed E-state index contributed by atoms with van der Waals surface area (Å²) in [6, 6.07) is 4.60. The lowest BCUT2D eigenvalue weighted by Crippen LogP contribution is -2.29. The van der Waals surface area contributed by atoms with E-state index in [-0.39, 0.29) is 11.4 Å². The minimum Gasteiger partial charge on any atom is -0.506 e. The van der Waals surface area contributed by atoms with Gasteiger partial charge < -0.3 is 10.2 Å². The number of phenols is 1. The number of anilines is 1. The number of nitrogens with zero attached hydrogens (tertiary/aromatic N) is 3. The number of aryl methyl sites for hydroxylation is 1. The van der Waals surface area contributed by atoms with Crippen molar-refractivity contribution in [3.05, 3.63) is 42.7 Å². The Morgan fingerprint density at radius 3 is 2.70 bits per heavy atom. The van der Waals surface area contributed by atoms with Crippen molar-refractivity contribution >= 4 is 15.9 Å². The maximum absolute atomic E-state index is 11.9. The molecule has 8 nitrogen and oxygen atoms in total. The number of hydrogen-bond donors (Lipinski definition) is 3. The van der Waals surface area contributed by atoms with Crippen LogP contribution in [0.2, 0.25) is 0 Å². The van der Waals surface area contributed by atoms with Crippen LogP contribution in [0, 0.1) is 0 Å². The Balaban J connectivity index is 2.02. The van der Waals surface area contributed by atoms with Crippen LogP contribution < -0.4 is 9.03 Å². The van der Waals surface area contributed by atoms with E-state index in [1.807, 2.05) is 17.8 Å². The van der Waals surface area contributed by atoms with Gasteiger partial charge in [-0.2, -0.15) is 13.5 Å². The topological polar surface area (TPSA) is 108 Å². The van der Waals surface area contributed by atoms with Gasteiger partial charge >= 0.3 is 10.2 Å². The van der Waals surface area contributed by atoms with Crippen molar-refractivity contribution in [1.29, 1.82) is 0 Å². The molecule has 122 valence electrons. The van der Waals surface area contributed by atoms with Crippen molar-refractivity contribution in [2.75, 3.05) is 4.31 Å². The first-order chi connectivity index (χ1) is 10.9. The molecule has 0 spiro atoms. The fourth-order valence-electron chi connectivity index (χ4n) is 2.33.